The second-order valence-corrected chi connectivity index (χ2v) is 3.67. The van der Waals surface area contributed by atoms with Gasteiger partial charge in [-0.1, -0.05) is 12.1 Å². The molecule has 0 amide bonds. The predicted octanol–water partition coefficient (Wildman–Crippen LogP) is 2.61. The summed E-state index contributed by atoms with van der Waals surface area (Å²) in [4.78, 5) is 7.86. The fraction of sp³-hybridized carbons (Fsp3) is 0. The molecule has 15 heavy (non-hydrogen) atoms. The molecule has 0 atom stereocenters. The number of hydrogen-bond donors (Lipinski definition) is 1. The molecule has 0 fully saturated rings. The number of para-hydroxylation sites is 1. The van der Waals surface area contributed by atoms with E-state index in [0.717, 1.165) is 4.47 Å². The van der Waals surface area contributed by atoms with Crippen LogP contribution in [0.1, 0.15) is 0 Å². The van der Waals surface area contributed by atoms with Gasteiger partial charge < -0.3 is 10.5 Å². The number of nitrogens with zero attached hydrogens (tertiary/aromatic N) is 2. The molecule has 0 unspecified atom stereocenters. The maximum Gasteiger partial charge on any atom is 0.238 e. The Kier molecular flexibility index (Phi) is 2.82. The van der Waals surface area contributed by atoms with E-state index < -0.39 is 0 Å². The predicted molar refractivity (Wildman–Crippen MR) is 60.7 cm³/mol. The third kappa shape index (κ3) is 2.44. The van der Waals surface area contributed by atoms with E-state index in [1.165, 1.54) is 12.4 Å². The Bertz CT molecular complexity index is 458. The lowest BCUT2D eigenvalue weighted by molar-refractivity contribution is 0.457. The highest BCUT2D eigenvalue weighted by atomic mass is 79.9. The molecule has 0 aliphatic rings. The average molecular weight is 266 g/mol. The van der Waals surface area contributed by atoms with E-state index in [1.807, 2.05) is 24.3 Å². The molecule has 1 aromatic carbocycles. The molecule has 0 bridgehead atoms. The Balaban J connectivity index is 2.22. The molecular weight excluding hydrogens is 258 g/mol. The average Bonchev–Trinajstić information content (AvgIpc) is 2.25. The van der Waals surface area contributed by atoms with Crippen LogP contribution in [0.5, 0.6) is 11.6 Å². The van der Waals surface area contributed by atoms with Crippen LogP contribution in [0.2, 0.25) is 0 Å². The molecule has 2 rings (SSSR count). The summed E-state index contributed by atoms with van der Waals surface area (Å²) in [5, 5.41) is 0. The number of ether oxygens (including phenoxy) is 1. The van der Waals surface area contributed by atoms with Crippen molar-refractivity contribution in [1.29, 1.82) is 0 Å². The molecule has 0 saturated heterocycles. The lowest BCUT2D eigenvalue weighted by atomic mass is 10.3. The first kappa shape index (κ1) is 9.92. The standard InChI is InChI=1S/C10H8BrN3O/c11-7-3-1-2-4-8(7)15-10-6-13-9(12)5-14-10/h1-6H,(H2,12,13). The van der Waals surface area contributed by atoms with Crippen molar-refractivity contribution in [2.45, 2.75) is 0 Å². The van der Waals surface area contributed by atoms with Crippen molar-refractivity contribution in [3.05, 3.63) is 41.1 Å². The van der Waals surface area contributed by atoms with Crippen molar-refractivity contribution in [3.63, 3.8) is 0 Å². The van der Waals surface area contributed by atoms with Crippen molar-refractivity contribution in [2.24, 2.45) is 0 Å². The van der Waals surface area contributed by atoms with Gasteiger partial charge in [-0.2, -0.15) is 0 Å². The van der Waals surface area contributed by atoms with Gasteiger partial charge in [0.05, 0.1) is 16.9 Å². The number of nitrogens with two attached hydrogens (primary N) is 1. The zero-order valence-corrected chi connectivity index (χ0v) is 9.31. The van der Waals surface area contributed by atoms with Gasteiger partial charge in [0, 0.05) is 0 Å². The molecule has 0 saturated carbocycles. The maximum atomic E-state index is 5.49. The summed E-state index contributed by atoms with van der Waals surface area (Å²) in [6.45, 7) is 0. The molecule has 0 spiro atoms. The van der Waals surface area contributed by atoms with Gasteiger partial charge in [-0.05, 0) is 28.1 Å². The van der Waals surface area contributed by atoms with Crippen LogP contribution >= 0.6 is 15.9 Å². The molecule has 2 aromatic rings. The van der Waals surface area contributed by atoms with Gasteiger partial charge in [0.25, 0.3) is 0 Å². The second-order valence-electron chi connectivity index (χ2n) is 2.81. The summed E-state index contributed by atoms with van der Waals surface area (Å²) in [5.74, 6) is 1.47. The van der Waals surface area contributed by atoms with Gasteiger partial charge in [0.2, 0.25) is 5.88 Å². The van der Waals surface area contributed by atoms with Gasteiger partial charge in [-0.25, -0.2) is 9.97 Å². The molecular formula is C10H8BrN3O. The Morgan fingerprint density at radius 2 is 1.93 bits per heavy atom. The van der Waals surface area contributed by atoms with E-state index in [2.05, 4.69) is 25.9 Å². The SMILES string of the molecule is Nc1cnc(Oc2ccccc2Br)cn1. The topological polar surface area (TPSA) is 61.0 Å². The number of benzene rings is 1. The highest BCUT2D eigenvalue weighted by molar-refractivity contribution is 9.10. The van der Waals surface area contributed by atoms with Crippen LogP contribution in [0.15, 0.2) is 41.1 Å². The monoisotopic (exact) mass is 265 g/mol. The number of nitrogen functional groups attached to an aromatic ring is 1. The van der Waals surface area contributed by atoms with Crippen LogP contribution in [-0.4, -0.2) is 9.97 Å². The third-order valence-corrected chi connectivity index (χ3v) is 2.35. The first-order valence-corrected chi connectivity index (χ1v) is 5.05. The van der Waals surface area contributed by atoms with Crippen LogP contribution in [0.3, 0.4) is 0 Å². The summed E-state index contributed by atoms with van der Waals surface area (Å²) in [6, 6.07) is 7.51. The van der Waals surface area contributed by atoms with Crippen molar-refractivity contribution in [2.75, 3.05) is 5.73 Å². The number of halogens is 1. The van der Waals surface area contributed by atoms with E-state index >= 15 is 0 Å². The lowest BCUT2D eigenvalue weighted by Crippen LogP contribution is -1.93. The smallest absolute Gasteiger partial charge is 0.238 e. The van der Waals surface area contributed by atoms with Crippen molar-refractivity contribution in [1.82, 2.24) is 9.97 Å². The van der Waals surface area contributed by atoms with E-state index in [1.54, 1.807) is 0 Å². The molecule has 0 aliphatic carbocycles. The molecule has 76 valence electrons. The van der Waals surface area contributed by atoms with Crippen molar-refractivity contribution in [3.8, 4) is 11.6 Å². The maximum absolute atomic E-state index is 5.49. The zero-order chi connectivity index (χ0) is 10.7. The molecule has 1 aromatic heterocycles. The Hall–Kier alpha value is -1.62. The first-order valence-electron chi connectivity index (χ1n) is 4.25. The molecule has 5 heteroatoms. The largest absolute Gasteiger partial charge is 0.436 e. The zero-order valence-electron chi connectivity index (χ0n) is 7.72. The van der Waals surface area contributed by atoms with Crippen molar-refractivity contribution < 1.29 is 4.74 Å². The molecule has 0 aliphatic heterocycles. The van der Waals surface area contributed by atoms with Crippen LogP contribution in [0.25, 0.3) is 0 Å². The van der Waals surface area contributed by atoms with Gasteiger partial charge in [0.15, 0.2) is 0 Å². The van der Waals surface area contributed by atoms with Crippen LogP contribution in [-0.2, 0) is 0 Å². The van der Waals surface area contributed by atoms with Gasteiger partial charge in [-0.15, -0.1) is 0 Å². The van der Waals surface area contributed by atoms with Gasteiger partial charge >= 0.3 is 0 Å². The number of anilines is 1. The third-order valence-electron chi connectivity index (χ3n) is 1.70. The fourth-order valence-electron chi connectivity index (χ4n) is 1.02. The highest BCUT2D eigenvalue weighted by Gasteiger charge is 2.02. The van der Waals surface area contributed by atoms with E-state index in [0.29, 0.717) is 17.4 Å². The summed E-state index contributed by atoms with van der Waals surface area (Å²) >= 11 is 3.37. The highest BCUT2D eigenvalue weighted by Crippen LogP contribution is 2.27. The normalized spacial score (nSPS) is 9.93. The Morgan fingerprint density at radius 1 is 1.13 bits per heavy atom. The Labute approximate surface area is 95.2 Å². The molecule has 4 nitrogen and oxygen atoms in total. The Morgan fingerprint density at radius 3 is 2.60 bits per heavy atom. The first-order chi connectivity index (χ1) is 7.25. The molecule has 0 radical (unpaired) electrons. The van der Waals surface area contributed by atoms with E-state index in [4.69, 9.17) is 10.5 Å². The quantitative estimate of drug-likeness (QED) is 0.907. The van der Waals surface area contributed by atoms with Crippen LogP contribution in [0, 0.1) is 0 Å². The minimum atomic E-state index is 0.370. The minimum Gasteiger partial charge on any atom is -0.436 e. The van der Waals surface area contributed by atoms with Crippen molar-refractivity contribution >= 4 is 21.7 Å². The fourth-order valence-corrected chi connectivity index (χ4v) is 1.38. The van der Waals surface area contributed by atoms with Gasteiger partial charge in [-0.3, -0.25) is 0 Å². The van der Waals surface area contributed by atoms with Crippen LogP contribution in [0.4, 0.5) is 5.82 Å². The summed E-state index contributed by atoms with van der Waals surface area (Å²) in [7, 11) is 0. The number of aromatic nitrogens is 2. The minimum absolute atomic E-state index is 0.370. The number of rotatable bonds is 2. The summed E-state index contributed by atoms with van der Waals surface area (Å²) in [5.41, 5.74) is 5.41. The molecule has 1 heterocycles. The number of hydrogen-bond acceptors (Lipinski definition) is 4. The summed E-state index contributed by atoms with van der Waals surface area (Å²) < 4.78 is 6.35. The molecule has 2 N–H and O–H groups in total. The van der Waals surface area contributed by atoms with Gasteiger partial charge in [0.1, 0.15) is 11.6 Å². The van der Waals surface area contributed by atoms with Crippen LogP contribution < -0.4 is 10.5 Å². The lowest BCUT2D eigenvalue weighted by Gasteiger charge is -2.05. The summed E-state index contributed by atoms with van der Waals surface area (Å²) in [6.07, 6.45) is 2.93. The second kappa shape index (κ2) is 4.27. The van der Waals surface area contributed by atoms with E-state index in [-0.39, 0.29) is 0 Å². The van der Waals surface area contributed by atoms with E-state index in [9.17, 15) is 0 Å².